The highest BCUT2D eigenvalue weighted by molar-refractivity contribution is 7.89. The average Bonchev–Trinajstić information content (AvgIpc) is 2.31. The summed E-state index contributed by atoms with van der Waals surface area (Å²) in [5, 5.41) is 8.58. The Morgan fingerprint density at radius 1 is 1.42 bits per heavy atom. The number of benzene rings is 1. The SMILES string of the molecule is CC(NCCC1CCC1)c1cccc(S(N)(=O)=O)c1. The van der Waals surface area contributed by atoms with Crippen LogP contribution in [0.5, 0.6) is 0 Å². The molecule has 0 heterocycles. The quantitative estimate of drug-likeness (QED) is 0.840. The van der Waals surface area contributed by atoms with E-state index in [4.69, 9.17) is 5.14 Å². The van der Waals surface area contributed by atoms with Gasteiger partial charge in [-0.15, -0.1) is 0 Å². The Balaban J connectivity index is 1.92. The van der Waals surface area contributed by atoms with E-state index in [-0.39, 0.29) is 10.9 Å². The van der Waals surface area contributed by atoms with Crippen molar-refractivity contribution in [3.05, 3.63) is 29.8 Å². The van der Waals surface area contributed by atoms with Crippen LogP contribution < -0.4 is 10.5 Å². The molecule has 1 aromatic carbocycles. The highest BCUT2D eigenvalue weighted by Gasteiger charge is 2.17. The van der Waals surface area contributed by atoms with Crippen molar-refractivity contribution in [2.45, 2.75) is 43.5 Å². The van der Waals surface area contributed by atoms with Crippen LogP contribution in [0, 0.1) is 5.92 Å². The van der Waals surface area contributed by atoms with Gasteiger partial charge in [0.2, 0.25) is 10.0 Å². The Hall–Kier alpha value is -0.910. The van der Waals surface area contributed by atoms with Crippen LogP contribution in [0.1, 0.15) is 44.2 Å². The lowest BCUT2D eigenvalue weighted by Gasteiger charge is -2.26. The van der Waals surface area contributed by atoms with E-state index >= 15 is 0 Å². The topological polar surface area (TPSA) is 72.2 Å². The summed E-state index contributed by atoms with van der Waals surface area (Å²) >= 11 is 0. The molecular weight excluding hydrogens is 260 g/mol. The fraction of sp³-hybridized carbons (Fsp3) is 0.571. The number of hydrogen-bond acceptors (Lipinski definition) is 3. The number of nitrogens with one attached hydrogen (secondary N) is 1. The molecular formula is C14H22N2O2S. The van der Waals surface area contributed by atoms with E-state index in [2.05, 4.69) is 5.32 Å². The highest BCUT2D eigenvalue weighted by atomic mass is 32.2. The third-order valence-electron chi connectivity index (χ3n) is 3.91. The monoisotopic (exact) mass is 282 g/mol. The lowest BCUT2D eigenvalue weighted by atomic mass is 9.83. The van der Waals surface area contributed by atoms with Crippen LogP contribution in [0.25, 0.3) is 0 Å². The van der Waals surface area contributed by atoms with Gasteiger partial charge in [-0.25, -0.2) is 13.6 Å². The van der Waals surface area contributed by atoms with Crippen LogP contribution in [0.3, 0.4) is 0 Å². The van der Waals surface area contributed by atoms with Gasteiger partial charge in [-0.05, 0) is 43.5 Å². The zero-order valence-corrected chi connectivity index (χ0v) is 12.1. The maximum atomic E-state index is 11.3. The number of sulfonamides is 1. The van der Waals surface area contributed by atoms with Gasteiger partial charge in [-0.1, -0.05) is 31.4 Å². The minimum atomic E-state index is -3.62. The van der Waals surface area contributed by atoms with E-state index in [9.17, 15) is 8.42 Å². The molecule has 0 saturated heterocycles. The summed E-state index contributed by atoms with van der Waals surface area (Å²) < 4.78 is 22.6. The van der Waals surface area contributed by atoms with Gasteiger partial charge in [0.1, 0.15) is 0 Å². The predicted molar refractivity (Wildman–Crippen MR) is 76.2 cm³/mol. The van der Waals surface area contributed by atoms with Crippen LogP contribution in [-0.2, 0) is 10.0 Å². The van der Waals surface area contributed by atoms with Crippen LogP contribution in [0.4, 0.5) is 0 Å². The Morgan fingerprint density at radius 2 is 2.16 bits per heavy atom. The van der Waals surface area contributed by atoms with E-state index in [0.29, 0.717) is 0 Å². The first-order chi connectivity index (χ1) is 8.97. The van der Waals surface area contributed by atoms with Gasteiger partial charge >= 0.3 is 0 Å². The molecule has 3 N–H and O–H groups in total. The Kier molecular flexibility index (Phi) is 4.60. The summed E-state index contributed by atoms with van der Waals surface area (Å²) in [7, 11) is -3.62. The van der Waals surface area contributed by atoms with Gasteiger partial charge in [-0.2, -0.15) is 0 Å². The molecule has 0 amide bonds. The van der Waals surface area contributed by atoms with Crippen molar-refractivity contribution in [2.75, 3.05) is 6.54 Å². The molecule has 1 atom stereocenters. The van der Waals surface area contributed by atoms with Crippen molar-refractivity contribution in [1.29, 1.82) is 0 Å². The zero-order chi connectivity index (χ0) is 13.9. The molecule has 1 aliphatic rings. The van der Waals surface area contributed by atoms with Gasteiger partial charge < -0.3 is 5.32 Å². The van der Waals surface area contributed by atoms with Gasteiger partial charge in [-0.3, -0.25) is 0 Å². The molecule has 1 aromatic rings. The summed E-state index contributed by atoms with van der Waals surface area (Å²) in [6.07, 6.45) is 5.30. The third-order valence-corrected chi connectivity index (χ3v) is 4.83. The van der Waals surface area contributed by atoms with Crippen molar-refractivity contribution in [2.24, 2.45) is 11.1 Å². The fourth-order valence-electron chi connectivity index (χ4n) is 2.36. The van der Waals surface area contributed by atoms with E-state index in [0.717, 1.165) is 18.0 Å². The molecule has 1 fully saturated rings. The van der Waals surface area contributed by atoms with Crippen molar-refractivity contribution in [3.8, 4) is 0 Å². The molecule has 19 heavy (non-hydrogen) atoms. The molecule has 0 bridgehead atoms. The minimum Gasteiger partial charge on any atom is -0.310 e. The summed E-state index contributed by atoms with van der Waals surface area (Å²) in [4.78, 5) is 0.178. The lowest BCUT2D eigenvalue weighted by Crippen LogP contribution is -2.24. The second kappa shape index (κ2) is 6.03. The van der Waals surface area contributed by atoms with Crippen LogP contribution in [-0.4, -0.2) is 15.0 Å². The molecule has 0 aliphatic heterocycles. The highest BCUT2D eigenvalue weighted by Crippen LogP contribution is 2.29. The third kappa shape index (κ3) is 4.03. The van der Waals surface area contributed by atoms with E-state index in [1.807, 2.05) is 13.0 Å². The molecule has 0 aromatic heterocycles. The van der Waals surface area contributed by atoms with Gasteiger partial charge in [0, 0.05) is 6.04 Å². The first-order valence-corrected chi connectivity index (χ1v) is 8.37. The molecule has 106 valence electrons. The van der Waals surface area contributed by atoms with Crippen molar-refractivity contribution in [3.63, 3.8) is 0 Å². The Morgan fingerprint density at radius 3 is 2.74 bits per heavy atom. The first kappa shape index (κ1) is 14.5. The Bertz CT molecular complexity index is 524. The molecule has 0 radical (unpaired) electrons. The maximum absolute atomic E-state index is 11.3. The van der Waals surface area contributed by atoms with Gasteiger partial charge in [0.05, 0.1) is 4.90 Å². The van der Waals surface area contributed by atoms with Crippen LogP contribution >= 0.6 is 0 Å². The van der Waals surface area contributed by atoms with Gasteiger partial charge in [0.15, 0.2) is 0 Å². The zero-order valence-electron chi connectivity index (χ0n) is 11.3. The number of nitrogens with two attached hydrogens (primary N) is 1. The van der Waals surface area contributed by atoms with E-state index in [1.54, 1.807) is 12.1 Å². The van der Waals surface area contributed by atoms with E-state index < -0.39 is 10.0 Å². The number of rotatable bonds is 6. The minimum absolute atomic E-state index is 0.141. The summed E-state index contributed by atoms with van der Waals surface area (Å²) in [6, 6.07) is 6.98. The summed E-state index contributed by atoms with van der Waals surface area (Å²) in [5.41, 5.74) is 0.958. The standard InChI is InChI=1S/C14H22N2O2S/c1-11(16-9-8-12-4-2-5-12)13-6-3-7-14(10-13)19(15,17)18/h3,6-7,10-12,16H,2,4-5,8-9H2,1H3,(H2,15,17,18). The Labute approximate surface area is 115 Å². The number of hydrogen-bond donors (Lipinski definition) is 2. The van der Waals surface area contributed by atoms with E-state index in [1.165, 1.54) is 31.7 Å². The van der Waals surface area contributed by atoms with Crippen molar-refractivity contribution in [1.82, 2.24) is 5.32 Å². The lowest BCUT2D eigenvalue weighted by molar-refractivity contribution is 0.288. The average molecular weight is 282 g/mol. The van der Waals surface area contributed by atoms with Crippen molar-refractivity contribution >= 4 is 10.0 Å². The fourth-order valence-corrected chi connectivity index (χ4v) is 2.93. The largest absolute Gasteiger partial charge is 0.310 e. The van der Waals surface area contributed by atoms with Crippen molar-refractivity contribution < 1.29 is 8.42 Å². The summed E-state index contributed by atoms with van der Waals surface area (Å²) in [6.45, 7) is 3.02. The molecule has 2 rings (SSSR count). The summed E-state index contributed by atoms with van der Waals surface area (Å²) in [5.74, 6) is 0.885. The molecule has 5 heteroatoms. The van der Waals surface area contributed by atoms with Crippen LogP contribution in [0.2, 0.25) is 0 Å². The molecule has 1 unspecified atom stereocenters. The predicted octanol–water partition coefficient (Wildman–Crippen LogP) is 2.17. The normalized spacial score (nSPS) is 18.0. The second-order valence-corrected chi connectivity index (χ2v) is 6.94. The first-order valence-electron chi connectivity index (χ1n) is 6.83. The van der Waals surface area contributed by atoms with Crippen LogP contribution in [0.15, 0.2) is 29.2 Å². The molecule has 1 aliphatic carbocycles. The molecule has 0 spiro atoms. The maximum Gasteiger partial charge on any atom is 0.238 e. The smallest absolute Gasteiger partial charge is 0.238 e. The molecule has 1 saturated carbocycles. The second-order valence-electron chi connectivity index (χ2n) is 5.38. The number of primary sulfonamides is 1. The molecule has 4 nitrogen and oxygen atoms in total. The van der Waals surface area contributed by atoms with Gasteiger partial charge in [0.25, 0.3) is 0 Å².